The van der Waals surface area contributed by atoms with Crippen LogP contribution in [0.2, 0.25) is 0 Å². The fourth-order valence-corrected chi connectivity index (χ4v) is 3.54. The maximum atomic E-state index is 13.0. The lowest BCUT2D eigenvalue weighted by molar-refractivity contribution is -0.143. The molecule has 0 radical (unpaired) electrons. The zero-order chi connectivity index (χ0) is 29.8. The fourth-order valence-electron chi connectivity index (χ4n) is 3.54. The summed E-state index contributed by atoms with van der Waals surface area (Å²) in [6.07, 6.45) is 0.685. The molecule has 4 atom stereocenters. The number of carboxylic acid groups (broad SMARTS) is 3. The first-order valence-electron chi connectivity index (χ1n) is 11.9. The minimum Gasteiger partial charge on any atom is -0.508 e. The zero-order valence-electron chi connectivity index (χ0n) is 21.1. The van der Waals surface area contributed by atoms with Crippen molar-refractivity contribution in [3.05, 3.63) is 48.0 Å². The van der Waals surface area contributed by atoms with Gasteiger partial charge in [-0.05, 0) is 24.1 Å². The molecule has 0 fully saturated rings. The number of imidazole rings is 1. The number of phenolic OH excluding ortho intramolecular Hbond substituents is 1. The first-order chi connectivity index (χ1) is 18.8. The molecular weight excluding hydrogens is 532 g/mol. The van der Waals surface area contributed by atoms with Gasteiger partial charge in [-0.15, -0.1) is 0 Å². The number of hydrogen-bond donors (Lipinski definition) is 9. The van der Waals surface area contributed by atoms with Crippen LogP contribution in [0, 0.1) is 0 Å². The predicted octanol–water partition coefficient (Wildman–Crippen LogP) is -1.89. The van der Waals surface area contributed by atoms with Crippen LogP contribution in [-0.2, 0) is 41.6 Å². The minimum absolute atomic E-state index is 0.0146. The molecule has 0 saturated carbocycles. The highest BCUT2D eigenvalue weighted by Gasteiger charge is 2.32. The van der Waals surface area contributed by atoms with E-state index < -0.39 is 79.1 Å². The van der Waals surface area contributed by atoms with Gasteiger partial charge in [0.05, 0.1) is 18.8 Å². The van der Waals surface area contributed by atoms with Crippen molar-refractivity contribution in [2.45, 2.75) is 56.3 Å². The number of amides is 3. The fraction of sp³-hybridized carbons (Fsp3) is 0.375. The van der Waals surface area contributed by atoms with Gasteiger partial charge in [0.25, 0.3) is 0 Å². The van der Waals surface area contributed by atoms with Gasteiger partial charge in [-0.25, -0.2) is 9.78 Å². The van der Waals surface area contributed by atoms with E-state index in [1.165, 1.54) is 36.8 Å². The van der Waals surface area contributed by atoms with Crippen molar-refractivity contribution in [2.24, 2.45) is 5.73 Å². The highest BCUT2D eigenvalue weighted by Crippen LogP contribution is 2.12. The number of aromatic hydroxyl groups is 1. The third kappa shape index (κ3) is 10.4. The molecule has 10 N–H and O–H groups in total. The number of benzene rings is 1. The van der Waals surface area contributed by atoms with E-state index in [9.17, 15) is 44.1 Å². The summed E-state index contributed by atoms with van der Waals surface area (Å²) in [5.74, 6) is -7.32. The molecule has 0 aliphatic rings. The second kappa shape index (κ2) is 14.8. The highest BCUT2D eigenvalue weighted by atomic mass is 16.4. The van der Waals surface area contributed by atoms with E-state index in [0.717, 1.165) is 0 Å². The van der Waals surface area contributed by atoms with Gasteiger partial charge in [0.2, 0.25) is 17.7 Å². The number of hydrogen-bond acceptors (Lipinski definition) is 9. The van der Waals surface area contributed by atoms with E-state index in [2.05, 4.69) is 25.9 Å². The van der Waals surface area contributed by atoms with E-state index in [-0.39, 0.29) is 18.6 Å². The number of carbonyl (C=O) groups is 6. The summed E-state index contributed by atoms with van der Waals surface area (Å²) in [6.45, 7) is 0. The average Bonchev–Trinajstić information content (AvgIpc) is 3.39. The lowest BCUT2D eigenvalue weighted by Crippen LogP contribution is -2.57. The first-order valence-corrected chi connectivity index (χ1v) is 11.9. The molecule has 16 heteroatoms. The van der Waals surface area contributed by atoms with Crippen molar-refractivity contribution in [1.82, 2.24) is 25.9 Å². The van der Waals surface area contributed by atoms with Crippen LogP contribution < -0.4 is 21.7 Å². The molecule has 40 heavy (non-hydrogen) atoms. The van der Waals surface area contributed by atoms with Gasteiger partial charge in [0.1, 0.15) is 23.9 Å². The normalized spacial score (nSPS) is 13.7. The van der Waals surface area contributed by atoms with Gasteiger partial charge in [-0.1, -0.05) is 12.1 Å². The van der Waals surface area contributed by atoms with Crippen molar-refractivity contribution in [2.75, 3.05) is 0 Å². The molecule has 0 bridgehead atoms. The topological polar surface area (TPSA) is 274 Å². The minimum atomic E-state index is -1.77. The Morgan fingerprint density at radius 1 is 0.825 bits per heavy atom. The number of nitrogens with one attached hydrogen (secondary N) is 4. The summed E-state index contributed by atoms with van der Waals surface area (Å²) in [5.41, 5.74) is 6.82. The standard InChI is InChI=1S/C24H30N6O10/c25-15(8-13-10-26-11-27-13)21(36)28-16(5-6-19(32)33)22(37)29-17(9-20(34)35)23(38)30-18(24(39)40)7-12-1-3-14(31)4-2-12/h1-4,10-11,15-18,31H,5-9,25H2,(H,26,27)(H,28,36)(H,29,37)(H,30,38)(H,32,33)(H,34,35)(H,39,40). The maximum absolute atomic E-state index is 13.0. The molecular formula is C24H30N6O10. The second-order valence-electron chi connectivity index (χ2n) is 8.81. The van der Waals surface area contributed by atoms with E-state index >= 15 is 0 Å². The number of aromatic nitrogens is 2. The lowest BCUT2D eigenvalue weighted by Gasteiger charge is -2.24. The number of aliphatic carboxylic acids is 3. The molecule has 0 aliphatic carbocycles. The number of nitrogens with two attached hydrogens (primary N) is 1. The van der Waals surface area contributed by atoms with Gasteiger partial charge >= 0.3 is 17.9 Å². The summed E-state index contributed by atoms with van der Waals surface area (Å²) in [6, 6.07) is -0.460. The van der Waals surface area contributed by atoms with Crippen molar-refractivity contribution < 1.29 is 49.2 Å². The van der Waals surface area contributed by atoms with Gasteiger partial charge in [-0.3, -0.25) is 24.0 Å². The predicted molar refractivity (Wildman–Crippen MR) is 135 cm³/mol. The smallest absolute Gasteiger partial charge is 0.326 e. The number of phenols is 1. The number of rotatable bonds is 16. The van der Waals surface area contributed by atoms with Gasteiger partial charge in [0, 0.05) is 31.2 Å². The van der Waals surface area contributed by atoms with Crippen molar-refractivity contribution in [1.29, 1.82) is 0 Å². The van der Waals surface area contributed by atoms with E-state index in [1.807, 2.05) is 0 Å². The molecule has 1 heterocycles. The van der Waals surface area contributed by atoms with E-state index in [4.69, 9.17) is 10.8 Å². The molecule has 3 amide bonds. The molecule has 2 aromatic rings. The van der Waals surface area contributed by atoms with Crippen LogP contribution in [0.3, 0.4) is 0 Å². The van der Waals surface area contributed by atoms with Crippen LogP contribution in [0.1, 0.15) is 30.5 Å². The maximum Gasteiger partial charge on any atom is 0.326 e. The Kier molecular flexibility index (Phi) is 11.6. The Bertz CT molecular complexity index is 1200. The van der Waals surface area contributed by atoms with E-state index in [0.29, 0.717) is 11.3 Å². The monoisotopic (exact) mass is 562 g/mol. The summed E-state index contributed by atoms with van der Waals surface area (Å²) >= 11 is 0. The molecule has 0 aliphatic heterocycles. The average molecular weight is 563 g/mol. The third-order valence-electron chi connectivity index (χ3n) is 5.61. The molecule has 216 valence electrons. The number of carboxylic acids is 3. The zero-order valence-corrected chi connectivity index (χ0v) is 21.1. The highest BCUT2D eigenvalue weighted by molar-refractivity contribution is 5.95. The van der Waals surface area contributed by atoms with Crippen molar-refractivity contribution in [3.8, 4) is 5.75 Å². The van der Waals surface area contributed by atoms with Gasteiger partial charge in [-0.2, -0.15) is 0 Å². The Morgan fingerprint density at radius 3 is 1.98 bits per heavy atom. The Hall–Kier alpha value is -4.99. The molecule has 4 unspecified atom stereocenters. The van der Waals surface area contributed by atoms with Crippen molar-refractivity contribution >= 4 is 35.6 Å². The van der Waals surface area contributed by atoms with Gasteiger partial charge < -0.3 is 47.1 Å². The number of carbonyl (C=O) groups excluding carboxylic acids is 3. The second-order valence-corrected chi connectivity index (χ2v) is 8.81. The molecule has 2 rings (SSSR count). The van der Waals surface area contributed by atoms with Crippen LogP contribution in [-0.4, -0.2) is 90.2 Å². The number of aromatic amines is 1. The summed E-state index contributed by atoms with van der Waals surface area (Å²) < 4.78 is 0. The molecule has 1 aromatic carbocycles. The Labute approximate surface area is 227 Å². The Morgan fingerprint density at radius 2 is 1.43 bits per heavy atom. The first kappa shape index (κ1) is 31.2. The van der Waals surface area contributed by atoms with Crippen LogP contribution in [0.15, 0.2) is 36.8 Å². The molecule has 0 saturated heterocycles. The van der Waals surface area contributed by atoms with Gasteiger partial charge in [0.15, 0.2) is 0 Å². The van der Waals surface area contributed by atoms with Crippen LogP contribution in [0.25, 0.3) is 0 Å². The quantitative estimate of drug-likeness (QED) is 0.109. The lowest BCUT2D eigenvalue weighted by atomic mass is 10.0. The van der Waals surface area contributed by atoms with Crippen molar-refractivity contribution in [3.63, 3.8) is 0 Å². The number of nitrogens with zero attached hydrogens (tertiary/aromatic N) is 1. The van der Waals surface area contributed by atoms with Crippen LogP contribution in [0.4, 0.5) is 0 Å². The molecule has 1 aromatic heterocycles. The molecule has 16 nitrogen and oxygen atoms in total. The van der Waals surface area contributed by atoms with Crippen LogP contribution in [0.5, 0.6) is 5.75 Å². The summed E-state index contributed by atoms with van der Waals surface area (Å²) in [7, 11) is 0. The largest absolute Gasteiger partial charge is 0.508 e. The third-order valence-corrected chi connectivity index (χ3v) is 5.61. The van der Waals surface area contributed by atoms with Crippen LogP contribution >= 0.6 is 0 Å². The summed E-state index contributed by atoms with van der Waals surface area (Å²) in [4.78, 5) is 79.2. The van der Waals surface area contributed by atoms with E-state index in [1.54, 1.807) is 0 Å². The molecule has 0 spiro atoms. The number of H-pyrrole nitrogens is 1. The Balaban J connectivity index is 2.15. The summed E-state index contributed by atoms with van der Waals surface area (Å²) in [5, 5.41) is 43.9. The SMILES string of the molecule is NC(Cc1cnc[nH]1)C(=O)NC(CCC(=O)O)C(=O)NC(CC(=O)O)C(=O)NC(Cc1ccc(O)cc1)C(=O)O.